The Balaban J connectivity index is 2.44. The lowest BCUT2D eigenvalue weighted by Gasteiger charge is -2.20. The van der Waals surface area contributed by atoms with E-state index < -0.39 is 24.7 Å². The molecule has 0 saturated heterocycles. The lowest BCUT2D eigenvalue weighted by molar-refractivity contribution is -0.225. The first kappa shape index (κ1) is 16.3. The van der Waals surface area contributed by atoms with E-state index >= 15 is 0 Å². The maximum atomic E-state index is 11.8. The number of carbonyl (C=O) groups is 1. The number of hydrogen-bond acceptors (Lipinski definition) is 6. The quantitative estimate of drug-likeness (QED) is 0.610. The monoisotopic (exact) mass is 284 g/mol. The summed E-state index contributed by atoms with van der Waals surface area (Å²) >= 11 is 0. The average Bonchev–Trinajstić information content (AvgIpc) is 2.40. The maximum absolute atomic E-state index is 11.8. The lowest BCUT2D eigenvalue weighted by Crippen LogP contribution is -2.31. The molecule has 0 aliphatic heterocycles. The van der Waals surface area contributed by atoms with E-state index in [0.717, 1.165) is 0 Å². The Bertz CT molecular complexity index is 416. The summed E-state index contributed by atoms with van der Waals surface area (Å²) in [7, 11) is 1.50. The smallest absolute Gasteiger partial charge is 0.349 e. The molecule has 1 aromatic carbocycles. The first-order valence-corrected chi connectivity index (χ1v) is 6.26. The number of aromatic hydroxyl groups is 1. The van der Waals surface area contributed by atoms with Gasteiger partial charge in [-0.05, 0) is 45.0 Å². The van der Waals surface area contributed by atoms with Crippen molar-refractivity contribution in [2.45, 2.75) is 39.5 Å². The summed E-state index contributed by atoms with van der Waals surface area (Å²) in [5.74, 6) is 0.0446. The number of phenols is 1. The highest BCUT2D eigenvalue weighted by molar-refractivity contribution is 5.74. The molecule has 3 unspecified atom stereocenters. The van der Waals surface area contributed by atoms with E-state index in [1.807, 2.05) is 0 Å². The fourth-order valence-electron chi connectivity index (χ4n) is 1.39. The van der Waals surface area contributed by atoms with Crippen LogP contribution < -0.4 is 4.74 Å². The summed E-state index contributed by atoms with van der Waals surface area (Å²) in [5.41, 5.74) is 0. The number of rotatable bonds is 7. The Labute approximate surface area is 118 Å². The van der Waals surface area contributed by atoms with Gasteiger partial charge in [0.15, 0.2) is 12.4 Å². The lowest BCUT2D eigenvalue weighted by atomic mass is 10.3. The van der Waals surface area contributed by atoms with Gasteiger partial charge in [0, 0.05) is 7.11 Å². The molecule has 6 nitrogen and oxygen atoms in total. The van der Waals surface area contributed by atoms with Gasteiger partial charge in [0.05, 0.1) is 0 Å². The number of ether oxygens (including phenoxy) is 4. The average molecular weight is 284 g/mol. The van der Waals surface area contributed by atoms with E-state index in [1.165, 1.54) is 19.2 Å². The SMILES string of the molecule is COC(C)OC(C)OC(=O)C(C)Oc1ccc(O)cc1. The van der Waals surface area contributed by atoms with Crippen molar-refractivity contribution in [3.05, 3.63) is 24.3 Å². The van der Waals surface area contributed by atoms with Crippen LogP contribution in [0.15, 0.2) is 24.3 Å². The molecule has 0 saturated carbocycles. The van der Waals surface area contributed by atoms with Crippen LogP contribution >= 0.6 is 0 Å². The van der Waals surface area contributed by atoms with Gasteiger partial charge in [0.2, 0.25) is 6.29 Å². The molecule has 0 spiro atoms. The van der Waals surface area contributed by atoms with E-state index in [2.05, 4.69) is 0 Å². The van der Waals surface area contributed by atoms with Gasteiger partial charge in [-0.2, -0.15) is 0 Å². The van der Waals surface area contributed by atoms with E-state index in [4.69, 9.17) is 24.1 Å². The number of carbonyl (C=O) groups excluding carboxylic acids is 1. The van der Waals surface area contributed by atoms with E-state index in [9.17, 15) is 4.79 Å². The minimum atomic E-state index is -0.788. The number of benzene rings is 1. The Morgan fingerprint density at radius 1 is 1.10 bits per heavy atom. The zero-order chi connectivity index (χ0) is 15.1. The Morgan fingerprint density at radius 3 is 2.25 bits per heavy atom. The molecular weight excluding hydrogens is 264 g/mol. The molecule has 20 heavy (non-hydrogen) atoms. The molecule has 0 amide bonds. The molecule has 0 aliphatic carbocycles. The second-order valence-corrected chi connectivity index (χ2v) is 4.20. The fraction of sp³-hybridized carbons (Fsp3) is 0.500. The molecule has 1 aromatic rings. The predicted octanol–water partition coefficient (Wildman–Crippen LogP) is 2.06. The van der Waals surface area contributed by atoms with Gasteiger partial charge in [-0.15, -0.1) is 0 Å². The van der Waals surface area contributed by atoms with Crippen LogP contribution in [0.1, 0.15) is 20.8 Å². The van der Waals surface area contributed by atoms with Crippen LogP contribution in [0, 0.1) is 0 Å². The Hall–Kier alpha value is -1.79. The van der Waals surface area contributed by atoms with Gasteiger partial charge in [-0.25, -0.2) is 4.79 Å². The summed E-state index contributed by atoms with van der Waals surface area (Å²) in [6.45, 7) is 4.86. The van der Waals surface area contributed by atoms with Gasteiger partial charge in [0.1, 0.15) is 11.5 Å². The van der Waals surface area contributed by atoms with Gasteiger partial charge in [-0.1, -0.05) is 0 Å². The van der Waals surface area contributed by atoms with Crippen LogP contribution in [0.4, 0.5) is 0 Å². The van der Waals surface area contributed by atoms with Crippen LogP contribution in [0.5, 0.6) is 11.5 Å². The van der Waals surface area contributed by atoms with Crippen molar-refractivity contribution in [3.63, 3.8) is 0 Å². The van der Waals surface area contributed by atoms with Crippen molar-refractivity contribution in [1.29, 1.82) is 0 Å². The fourth-order valence-corrected chi connectivity index (χ4v) is 1.39. The molecule has 3 atom stereocenters. The van der Waals surface area contributed by atoms with E-state index in [-0.39, 0.29) is 5.75 Å². The summed E-state index contributed by atoms with van der Waals surface area (Å²) in [6, 6.07) is 6.07. The summed E-state index contributed by atoms with van der Waals surface area (Å²) in [5, 5.41) is 9.15. The molecule has 1 rings (SSSR count). The minimum Gasteiger partial charge on any atom is -0.508 e. The number of methoxy groups -OCH3 is 1. The van der Waals surface area contributed by atoms with E-state index in [0.29, 0.717) is 5.75 Å². The second kappa shape index (κ2) is 7.72. The highest BCUT2D eigenvalue weighted by Gasteiger charge is 2.20. The minimum absolute atomic E-state index is 0.128. The van der Waals surface area contributed by atoms with Crippen molar-refractivity contribution in [2.75, 3.05) is 7.11 Å². The van der Waals surface area contributed by atoms with Crippen molar-refractivity contribution in [3.8, 4) is 11.5 Å². The van der Waals surface area contributed by atoms with Gasteiger partial charge < -0.3 is 24.1 Å². The molecular formula is C14H20O6. The maximum Gasteiger partial charge on any atom is 0.349 e. The molecule has 0 bridgehead atoms. The van der Waals surface area contributed by atoms with Gasteiger partial charge in [0.25, 0.3) is 0 Å². The molecule has 6 heteroatoms. The molecule has 1 N–H and O–H groups in total. The van der Waals surface area contributed by atoms with Crippen molar-refractivity contribution < 1.29 is 28.8 Å². The van der Waals surface area contributed by atoms with Crippen LogP contribution in [0.25, 0.3) is 0 Å². The van der Waals surface area contributed by atoms with Crippen LogP contribution in [0.3, 0.4) is 0 Å². The standard InChI is InChI=1S/C14H20O6/c1-9(18-13-7-5-12(15)6-8-13)14(16)20-11(3)19-10(2)17-4/h5-11,15H,1-4H3. The number of hydrogen-bond donors (Lipinski definition) is 1. The van der Waals surface area contributed by atoms with Crippen LogP contribution in [0.2, 0.25) is 0 Å². The van der Waals surface area contributed by atoms with E-state index in [1.54, 1.807) is 32.9 Å². The van der Waals surface area contributed by atoms with Gasteiger partial charge in [-0.3, -0.25) is 0 Å². The summed E-state index contributed by atoms with van der Waals surface area (Å²) in [4.78, 5) is 11.8. The Kier molecular flexibility index (Phi) is 6.27. The zero-order valence-electron chi connectivity index (χ0n) is 12.0. The predicted molar refractivity (Wildman–Crippen MR) is 71.3 cm³/mol. The van der Waals surface area contributed by atoms with Crippen LogP contribution in [-0.4, -0.2) is 36.9 Å². The van der Waals surface area contributed by atoms with Crippen molar-refractivity contribution >= 4 is 5.97 Å². The number of phenolic OH excluding ortho intramolecular Hbond substituents is 1. The van der Waals surface area contributed by atoms with Crippen molar-refractivity contribution in [1.82, 2.24) is 0 Å². The first-order chi connectivity index (χ1) is 9.42. The molecule has 0 radical (unpaired) electrons. The van der Waals surface area contributed by atoms with Crippen molar-refractivity contribution in [2.24, 2.45) is 0 Å². The molecule has 112 valence electrons. The summed E-state index contributed by atoms with van der Waals surface area (Å²) in [6.07, 6.45) is -1.99. The third-order valence-corrected chi connectivity index (χ3v) is 2.48. The third kappa shape index (κ3) is 5.46. The highest BCUT2D eigenvalue weighted by atomic mass is 16.8. The summed E-state index contributed by atoms with van der Waals surface area (Å²) < 4.78 is 20.6. The Morgan fingerprint density at radius 2 is 1.70 bits per heavy atom. The molecule has 0 heterocycles. The molecule has 0 aliphatic rings. The normalized spacial score (nSPS) is 15.2. The topological polar surface area (TPSA) is 74.2 Å². The first-order valence-electron chi connectivity index (χ1n) is 6.26. The number of esters is 1. The highest BCUT2D eigenvalue weighted by Crippen LogP contribution is 2.17. The van der Waals surface area contributed by atoms with Crippen LogP contribution in [-0.2, 0) is 19.0 Å². The largest absolute Gasteiger partial charge is 0.508 e. The zero-order valence-corrected chi connectivity index (χ0v) is 12.0. The molecule has 0 aromatic heterocycles. The third-order valence-electron chi connectivity index (χ3n) is 2.48. The second-order valence-electron chi connectivity index (χ2n) is 4.20. The van der Waals surface area contributed by atoms with Gasteiger partial charge >= 0.3 is 5.97 Å². The molecule has 0 fully saturated rings.